The highest BCUT2D eigenvalue weighted by Crippen LogP contribution is 2.21. The second-order valence-corrected chi connectivity index (χ2v) is 4.16. The molecule has 1 nitrogen and oxygen atoms in total. The summed E-state index contributed by atoms with van der Waals surface area (Å²) < 4.78 is 4.93. The Balaban J connectivity index is 2.44. The Morgan fingerprint density at radius 2 is 1.83 bits per heavy atom. The van der Waals surface area contributed by atoms with Crippen LogP contribution in [0.25, 0.3) is 10.8 Å². The summed E-state index contributed by atoms with van der Waals surface area (Å²) in [6.07, 6.45) is 10.7. The van der Waals surface area contributed by atoms with Crippen molar-refractivity contribution in [3.05, 3.63) is 59.9 Å². The molecule has 0 saturated carbocycles. The van der Waals surface area contributed by atoms with Gasteiger partial charge in [0.25, 0.3) is 0 Å². The maximum atomic E-state index is 5.44. The largest absolute Gasteiger partial charge is 0.505 e. The van der Waals surface area contributed by atoms with E-state index in [4.69, 9.17) is 11.2 Å². The number of benzene rings is 2. The molecule has 2 aromatic carbocycles. The van der Waals surface area contributed by atoms with Crippen molar-refractivity contribution in [3.63, 3.8) is 0 Å². The van der Waals surface area contributed by atoms with Crippen molar-refractivity contribution in [2.45, 2.75) is 12.8 Å². The van der Waals surface area contributed by atoms with Crippen LogP contribution >= 0.6 is 0 Å². The molecule has 1 heteroatoms. The highest BCUT2D eigenvalue weighted by molar-refractivity contribution is 5.84. The molecule has 0 aliphatic carbocycles. The van der Waals surface area contributed by atoms with Gasteiger partial charge in [0.2, 0.25) is 0 Å². The van der Waals surface area contributed by atoms with Crippen LogP contribution in [0.15, 0.2) is 48.7 Å². The van der Waals surface area contributed by atoms with E-state index in [1.54, 1.807) is 13.4 Å². The summed E-state index contributed by atoms with van der Waals surface area (Å²) in [6.45, 7) is 0. The molecule has 0 radical (unpaired) electrons. The topological polar surface area (TPSA) is 9.23 Å². The Hall–Kier alpha value is -2.20. The van der Waals surface area contributed by atoms with Crippen LogP contribution in [0.5, 0.6) is 0 Å². The van der Waals surface area contributed by atoms with Gasteiger partial charge in [0.1, 0.15) is 0 Å². The van der Waals surface area contributed by atoms with Gasteiger partial charge in [0.15, 0.2) is 0 Å². The molecule has 0 fully saturated rings. The van der Waals surface area contributed by atoms with Gasteiger partial charge in [-0.25, -0.2) is 0 Å². The minimum absolute atomic E-state index is 0.668. The highest BCUT2D eigenvalue weighted by atomic mass is 16.5. The molecule has 2 aromatic rings. The smallest absolute Gasteiger partial charge is 0.0788 e. The van der Waals surface area contributed by atoms with E-state index in [-0.39, 0.29) is 0 Å². The third-order valence-electron chi connectivity index (χ3n) is 2.93. The first-order valence-corrected chi connectivity index (χ1v) is 5.97. The van der Waals surface area contributed by atoms with Crippen LogP contribution < -0.4 is 0 Å². The average molecular weight is 236 g/mol. The third-order valence-corrected chi connectivity index (χ3v) is 2.93. The Morgan fingerprint density at radius 3 is 2.44 bits per heavy atom. The predicted octanol–water partition coefficient (Wildman–Crippen LogP) is 3.72. The first-order valence-electron chi connectivity index (χ1n) is 5.97. The van der Waals surface area contributed by atoms with Crippen LogP contribution in [-0.4, -0.2) is 7.11 Å². The summed E-state index contributed by atoms with van der Waals surface area (Å²) in [5.74, 6) is 2.72. The van der Waals surface area contributed by atoms with Crippen molar-refractivity contribution in [2.75, 3.05) is 7.11 Å². The van der Waals surface area contributed by atoms with Gasteiger partial charge >= 0.3 is 0 Å². The van der Waals surface area contributed by atoms with Gasteiger partial charge in [0, 0.05) is 6.42 Å². The number of allylic oxidation sites excluding steroid dienone is 1. The number of hydrogen-bond acceptors (Lipinski definition) is 1. The van der Waals surface area contributed by atoms with Crippen LogP contribution in [0.1, 0.15) is 11.1 Å². The summed E-state index contributed by atoms with van der Waals surface area (Å²) in [4.78, 5) is 0. The molecule has 0 bridgehead atoms. The second-order valence-electron chi connectivity index (χ2n) is 4.16. The zero-order valence-electron chi connectivity index (χ0n) is 10.5. The standard InChI is InChI=1S/C17H16O/c1-3-7-14-12-15-8-4-5-9-16(15)13-17(14)10-6-11-18-2/h1,4-6,8-9,11-13H,7,10H2,2H3. The van der Waals surface area contributed by atoms with Crippen molar-refractivity contribution in [1.82, 2.24) is 0 Å². The molecule has 90 valence electrons. The molecule has 0 aromatic heterocycles. The first-order chi connectivity index (χ1) is 8.85. The van der Waals surface area contributed by atoms with Crippen molar-refractivity contribution < 1.29 is 4.74 Å². The molecule has 0 aliphatic rings. The van der Waals surface area contributed by atoms with Crippen molar-refractivity contribution >= 4 is 10.8 Å². The molecule has 0 atom stereocenters. The molecule has 18 heavy (non-hydrogen) atoms. The van der Waals surface area contributed by atoms with E-state index in [2.05, 4.69) is 36.3 Å². The highest BCUT2D eigenvalue weighted by Gasteiger charge is 2.03. The fourth-order valence-corrected chi connectivity index (χ4v) is 2.07. The minimum atomic E-state index is 0.668. The summed E-state index contributed by atoms with van der Waals surface area (Å²) >= 11 is 0. The van der Waals surface area contributed by atoms with Gasteiger partial charge in [0.05, 0.1) is 13.4 Å². The lowest BCUT2D eigenvalue weighted by Crippen LogP contribution is -1.93. The van der Waals surface area contributed by atoms with E-state index < -0.39 is 0 Å². The normalized spacial score (nSPS) is 10.7. The van der Waals surface area contributed by atoms with Crippen LogP contribution in [0.2, 0.25) is 0 Å². The van der Waals surface area contributed by atoms with Gasteiger partial charge in [-0.15, -0.1) is 12.3 Å². The number of ether oxygens (including phenoxy) is 1. The van der Waals surface area contributed by atoms with E-state index >= 15 is 0 Å². The molecule has 0 N–H and O–H groups in total. The number of hydrogen-bond donors (Lipinski definition) is 0. The molecule has 0 heterocycles. The molecule has 0 unspecified atom stereocenters. The van der Waals surface area contributed by atoms with Gasteiger partial charge in [-0.1, -0.05) is 30.3 Å². The molecule has 0 amide bonds. The maximum Gasteiger partial charge on any atom is 0.0788 e. The zero-order chi connectivity index (χ0) is 12.8. The van der Waals surface area contributed by atoms with E-state index in [9.17, 15) is 0 Å². The summed E-state index contributed by atoms with van der Waals surface area (Å²) in [5, 5.41) is 2.49. The van der Waals surface area contributed by atoms with Crippen LogP contribution in [0.4, 0.5) is 0 Å². The first kappa shape index (κ1) is 12.3. The van der Waals surface area contributed by atoms with Gasteiger partial charge in [-0.2, -0.15) is 0 Å². The molecular formula is C17H16O. The SMILES string of the molecule is C#CCc1cc2ccccc2cc1CC=COC. The quantitative estimate of drug-likeness (QED) is 0.580. The van der Waals surface area contributed by atoms with E-state index in [0.717, 1.165) is 6.42 Å². The van der Waals surface area contributed by atoms with Gasteiger partial charge < -0.3 is 4.74 Å². The Bertz CT molecular complexity index is 603. The maximum absolute atomic E-state index is 5.44. The monoisotopic (exact) mass is 236 g/mol. The Labute approximate surface area is 108 Å². The molecular weight excluding hydrogens is 220 g/mol. The Kier molecular flexibility index (Phi) is 4.04. The fraction of sp³-hybridized carbons (Fsp3) is 0.176. The lowest BCUT2D eigenvalue weighted by Gasteiger charge is -2.08. The van der Waals surface area contributed by atoms with E-state index in [1.807, 2.05) is 12.1 Å². The summed E-state index contributed by atoms with van der Waals surface area (Å²) in [7, 11) is 1.65. The molecule has 0 saturated heterocycles. The zero-order valence-corrected chi connectivity index (χ0v) is 10.5. The molecule has 0 spiro atoms. The van der Waals surface area contributed by atoms with E-state index in [0.29, 0.717) is 6.42 Å². The number of rotatable bonds is 4. The van der Waals surface area contributed by atoms with Gasteiger partial charge in [-0.3, -0.25) is 0 Å². The number of terminal acetylenes is 1. The summed E-state index contributed by atoms with van der Waals surface area (Å²) in [6, 6.07) is 12.7. The third kappa shape index (κ3) is 2.73. The predicted molar refractivity (Wildman–Crippen MR) is 76.3 cm³/mol. The lowest BCUT2D eigenvalue weighted by atomic mass is 9.97. The van der Waals surface area contributed by atoms with Crippen LogP contribution in [0, 0.1) is 12.3 Å². The number of methoxy groups -OCH3 is 1. The van der Waals surface area contributed by atoms with Crippen molar-refractivity contribution in [1.29, 1.82) is 0 Å². The molecule has 0 aliphatic heterocycles. The molecule has 2 rings (SSSR count). The van der Waals surface area contributed by atoms with Crippen LogP contribution in [-0.2, 0) is 17.6 Å². The lowest BCUT2D eigenvalue weighted by molar-refractivity contribution is 0.337. The minimum Gasteiger partial charge on any atom is -0.505 e. The second kappa shape index (κ2) is 5.93. The number of fused-ring (bicyclic) bond motifs is 1. The van der Waals surface area contributed by atoms with E-state index in [1.165, 1.54) is 21.9 Å². The van der Waals surface area contributed by atoms with Gasteiger partial charge in [-0.05, 0) is 40.5 Å². The average Bonchev–Trinajstić information content (AvgIpc) is 2.40. The fourth-order valence-electron chi connectivity index (χ4n) is 2.07. The summed E-state index contributed by atoms with van der Waals surface area (Å²) in [5.41, 5.74) is 2.48. The van der Waals surface area contributed by atoms with Crippen molar-refractivity contribution in [3.8, 4) is 12.3 Å². The van der Waals surface area contributed by atoms with Crippen LogP contribution in [0.3, 0.4) is 0 Å². The van der Waals surface area contributed by atoms with Crippen molar-refractivity contribution in [2.24, 2.45) is 0 Å². The Morgan fingerprint density at radius 1 is 1.17 bits per heavy atom.